The van der Waals surface area contributed by atoms with Gasteiger partial charge in [-0.3, -0.25) is 14.1 Å². The topological polar surface area (TPSA) is 254 Å². The third kappa shape index (κ3) is 13.3. The van der Waals surface area contributed by atoms with Gasteiger partial charge in [-0.15, -0.1) is 0 Å². The van der Waals surface area contributed by atoms with Crippen LogP contribution in [0.3, 0.4) is 0 Å². The van der Waals surface area contributed by atoms with E-state index in [9.17, 15) is 36.0 Å². The zero-order valence-electron chi connectivity index (χ0n) is 42.8. The van der Waals surface area contributed by atoms with Crippen LogP contribution in [0.1, 0.15) is 90.2 Å². The van der Waals surface area contributed by atoms with Gasteiger partial charge in [-0.25, -0.2) is 28.0 Å². The lowest BCUT2D eigenvalue weighted by Gasteiger charge is -2.21. The van der Waals surface area contributed by atoms with Gasteiger partial charge in [0.25, 0.3) is 10.0 Å². The number of alkyl halides is 3. The smallest absolute Gasteiger partial charge is 0.434 e. The van der Waals surface area contributed by atoms with Crippen molar-refractivity contribution in [2.24, 2.45) is 0 Å². The summed E-state index contributed by atoms with van der Waals surface area (Å²) in [7, 11) is 0.929. The van der Waals surface area contributed by atoms with Crippen molar-refractivity contribution in [3.05, 3.63) is 169 Å². The highest BCUT2D eigenvalue weighted by Crippen LogP contribution is 2.41. The first-order valence-electron chi connectivity index (χ1n) is 23.3. The molecule has 0 bridgehead atoms. The van der Waals surface area contributed by atoms with E-state index in [0.717, 1.165) is 28.2 Å². The van der Waals surface area contributed by atoms with Crippen LogP contribution in [-0.4, -0.2) is 87.7 Å². The molecule has 0 saturated carbocycles. The summed E-state index contributed by atoms with van der Waals surface area (Å²) in [6.45, 7) is 6.93. The number of carboxylic acid groups (broad SMARTS) is 2. The molecule has 0 saturated heterocycles. The molecule has 0 aliphatic heterocycles. The lowest BCUT2D eigenvalue weighted by molar-refractivity contribution is -0.141. The Morgan fingerprint density at radius 2 is 1.39 bits per heavy atom. The summed E-state index contributed by atoms with van der Waals surface area (Å²) in [5.74, 6) is -2.51. The van der Waals surface area contributed by atoms with Gasteiger partial charge in [-0.2, -0.15) is 18.2 Å². The number of carbonyl (C=O) groups is 3. The van der Waals surface area contributed by atoms with E-state index in [2.05, 4.69) is 30.2 Å². The van der Waals surface area contributed by atoms with Crippen LogP contribution in [0.15, 0.2) is 111 Å². The number of sulfonamides is 1. The van der Waals surface area contributed by atoms with E-state index >= 15 is 0 Å². The Labute approximate surface area is 464 Å². The minimum Gasteiger partial charge on any atom is -0.478 e. The van der Waals surface area contributed by atoms with Gasteiger partial charge < -0.3 is 33.6 Å². The molecule has 8 rings (SSSR count). The average Bonchev–Trinajstić information content (AvgIpc) is 4.17. The second kappa shape index (κ2) is 24.3. The number of halogens is 6. The van der Waals surface area contributed by atoms with Gasteiger partial charge in [-0.05, 0) is 79.6 Å². The van der Waals surface area contributed by atoms with E-state index in [1.54, 1.807) is 56.3 Å². The second-order valence-corrected chi connectivity index (χ2v) is 21.0. The van der Waals surface area contributed by atoms with E-state index in [0.29, 0.717) is 66.0 Å². The largest absolute Gasteiger partial charge is 0.478 e. The molecule has 0 fully saturated rings. The summed E-state index contributed by atoms with van der Waals surface area (Å²) in [5.41, 5.74) is 1.76. The first-order chi connectivity index (χ1) is 37.3. The van der Waals surface area contributed by atoms with Gasteiger partial charge in [0.05, 0.1) is 65.4 Å². The third-order valence-electron chi connectivity index (χ3n) is 11.8. The second-order valence-electron chi connectivity index (χ2n) is 17.8. The van der Waals surface area contributed by atoms with E-state index in [-0.39, 0.29) is 58.3 Å². The number of aromatic carboxylic acids is 2. The molecule has 0 atom stereocenters. The number of anilines is 2. The van der Waals surface area contributed by atoms with Crippen LogP contribution in [-0.2, 0) is 35.8 Å². The summed E-state index contributed by atoms with van der Waals surface area (Å²) in [4.78, 5) is 52.6. The maximum absolute atomic E-state index is 14.0. The molecule has 0 amide bonds. The summed E-state index contributed by atoms with van der Waals surface area (Å²) in [5, 5.41) is 27.6. The number of Topliss-reactive ketones (excluding diaryl/α,β-unsaturated/α-hetero) is 1. The number of nitrogens with zero attached hydrogens (tertiary/aromatic N) is 8. The fourth-order valence-electron chi connectivity index (χ4n) is 7.84. The number of aromatic nitrogens is 6. The summed E-state index contributed by atoms with van der Waals surface area (Å²) < 4.78 is 91.7. The van der Waals surface area contributed by atoms with Crippen LogP contribution < -0.4 is 18.7 Å². The Kier molecular flexibility index (Phi) is 18.0. The molecular weight excluding hydrogens is 1120 g/mol. The van der Waals surface area contributed by atoms with E-state index in [4.69, 9.17) is 63.5 Å². The third-order valence-corrected chi connectivity index (χ3v) is 14.5. The molecule has 8 aromatic rings. The summed E-state index contributed by atoms with van der Waals surface area (Å²) in [6.07, 6.45) is -1.85. The minimum atomic E-state index is -4.97. The zero-order chi connectivity index (χ0) is 57.7. The van der Waals surface area contributed by atoms with Crippen LogP contribution in [0.25, 0.3) is 22.6 Å². The number of hydrogen-bond donors (Lipinski definition) is 2. The van der Waals surface area contributed by atoms with Gasteiger partial charge >= 0.3 is 24.1 Å². The highest BCUT2D eigenvalue weighted by molar-refractivity contribution is 7.92. The van der Waals surface area contributed by atoms with Crippen molar-refractivity contribution in [3.63, 3.8) is 0 Å². The average molecular weight is 1170 g/mol. The molecule has 0 aliphatic carbocycles. The van der Waals surface area contributed by atoms with Gasteiger partial charge in [0.1, 0.15) is 24.7 Å². The van der Waals surface area contributed by atoms with E-state index < -0.39 is 51.6 Å². The van der Waals surface area contributed by atoms with Crippen molar-refractivity contribution < 1.29 is 64.7 Å². The quantitative estimate of drug-likeness (QED) is 0.0757. The molecule has 3 aromatic carbocycles. The zero-order valence-corrected chi connectivity index (χ0v) is 45.8. The van der Waals surface area contributed by atoms with Crippen LogP contribution in [0.5, 0.6) is 11.9 Å². The van der Waals surface area contributed by atoms with Gasteiger partial charge in [0.2, 0.25) is 5.88 Å². The van der Waals surface area contributed by atoms with Gasteiger partial charge in [-0.1, -0.05) is 77.2 Å². The molecule has 2 N–H and O–H groups in total. The first kappa shape index (κ1) is 58.6. The Morgan fingerprint density at radius 3 is 1.99 bits per heavy atom. The molecule has 412 valence electrons. The number of ketones is 1. The SMILES string of the molecule is Cc1cccc(Cl)c1-c1noc(C(C)C)c1COc1ccc(C(=O)Cc2cncc(C(=O)O)c2)c(C(F)(F)F)n1.Cc1nc(OCc2c(N(C)C)noc2-c2c(Cl)cccc2Cl)ncc1N(C)S(=O)(=O)c1ccc(C(=O)O)cc1. The standard InChI is InChI=1S/C28H23ClF3N3O5.C25H23Cl2N5O6S/c1-14(2)25-19(24(35-40-25)23-15(3)5-4-6-20(23)29)13-39-22-8-7-18(26(34-22)28(30,31)32)21(36)10-16-9-17(27(37)38)12-33-11-16;1-14-20(32(4)39(35,36)16-10-8-15(9-11-16)24(33)34)12-28-25(29-14)37-13-17-22(38-30-23(17)31(2)3)21-18(26)6-5-7-19(21)27/h4-9,11-12,14H,10,13H2,1-3H3,(H,37,38);5-12H,13H2,1-4H3,(H,33,34). The summed E-state index contributed by atoms with van der Waals surface area (Å²) in [6, 6.07) is 18.6. The molecular formula is C53H46Cl3F3N8O11S. The molecule has 0 spiro atoms. The number of pyridine rings is 2. The molecule has 0 aliphatic rings. The predicted molar refractivity (Wildman–Crippen MR) is 285 cm³/mol. The first-order valence-corrected chi connectivity index (χ1v) is 25.9. The molecule has 0 unspecified atom stereocenters. The molecule has 79 heavy (non-hydrogen) atoms. The van der Waals surface area contributed by atoms with Crippen molar-refractivity contribution in [1.82, 2.24) is 30.2 Å². The van der Waals surface area contributed by atoms with Crippen LogP contribution in [0.2, 0.25) is 15.1 Å². The van der Waals surface area contributed by atoms with E-state index in [1.807, 2.05) is 26.8 Å². The fourth-order valence-corrected chi connectivity index (χ4v) is 9.95. The Hall–Kier alpha value is -8.12. The van der Waals surface area contributed by atoms with Crippen molar-refractivity contribution >= 4 is 74.1 Å². The predicted octanol–water partition coefficient (Wildman–Crippen LogP) is 11.9. The number of rotatable bonds is 18. The fraction of sp³-hybridized carbons (Fsp3) is 0.226. The Bertz CT molecular complexity index is 3670. The number of carboxylic acids is 2. The Balaban J connectivity index is 0.000000229. The normalized spacial score (nSPS) is 11.5. The van der Waals surface area contributed by atoms with Crippen molar-refractivity contribution in [2.75, 3.05) is 30.3 Å². The maximum atomic E-state index is 14.0. The molecule has 19 nitrogen and oxygen atoms in total. The monoisotopic (exact) mass is 1160 g/mol. The van der Waals surface area contributed by atoms with Crippen LogP contribution in [0, 0.1) is 13.8 Å². The Morgan fingerprint density at radius 1 is 0.759 bits per heavy atom. The van der Waals surface area contributed by atoms with E-state index in [1.165, 1.54) is 49.8 Å². The maximum Gasteiger partial charge on any atom is 0.434 e. The summed E-state index contributed by atoms with van der Waals surface area (Å²) >= 11 is 19.2. The molecule has 0 radical (unpaired) electrons. The number of hydrogen-bond acceptors (Lipinski definition) is 16. The van der Waals surface area contributed by atoms with Crippen molar-refractivity contribution in [2.45, 2.75) is 64.3 Å². The molecule has 26 heteroatoms. The lowest BCUT2D eigenvalue weighted by Crippen LogP contribution is -2.27. The van der Waals surface area contributed by atoms with Gasteiger partial charge in [0, 0.05) is 63.1 Å². The minimum absolute atomic E-state index is 0.00466. The van der Waals surface area contributed by atoms with Crippen LogP contribution in [0.4, 0.5) is 24.7 Å². The number of aryl methyl sites for hydroxylation is 2. The number of ether oxygens (including phenoxy) is 2. The van der Waals surface area contributed by atoms with Crippen LogP contribution >= 0.6 is 34.8 Å². The highest BCUT2D eigenvalue weighted by Gasteiger charge is 2.38. The molecule has 5 aromatic heterocycles. The van der Waals surface area contributed by atoms with Crippen molar-refractivity contribution in [1.29, 1.82) is 0 Å². The lowest BCUT2D eigenvalue weighted by atomic mass is 9.98. The van der Waals surface area contributed by atoms with Crippen molar-refractivity contribution in [3.8, 4) is 34.5 Å². The molecule has 5 heterocycles. The highest BCUT2D eigenvalue weighted by atomic mass is 35.5. The van der Waals surface area contributed by atoms with Gasteiger partial charge in [0.15, 0.2) is 23.1 Å². The number of benzene rings is 3. The number of carbonyl (C=O) groups excluding carboxylic acids is 1.